The van der Waals surface area contributed by atoms with Gasteiger partial charge in [0.2, 0.25) is 0 Å². The Labute approximate surface area is 133 Å². The lowest BCUT2D eigenvalue weighted by Gasteiger charge is -2.10. The van der Waals surface area contributed by atoms with Crippen molar-refractivity contribution in [2.45, 2.75) is 6.92 Å². The molecule has 0 aliphatic rings. The van der Waals surface area contributed by atoms with Gasteiger partial charge in [-0.2, -0.15) is 0 Å². The first kappa shape index (κ1) is 14.9. The molecule has 0 unspecified atom stereocenters. The highest BCUT2D eigenvalue weighted by Crippen LogP contribution is 2.23. The van der Waals surface area contributed by atoms with E-state index in [1.807, 2.05) is 6.07 Å². The summed E-state index contributed by atoms with van der Waals surface area (Å²) in [4.78, 5) is 29.1. The first-order valence-electron chi connectivity index (χ1n) is 7.35. The largest absolute Gasteiger partial charge is 0.462 e. The van der Waals surface area contributed by atoms with Gasteiger partial charge in [-0.25, -0.2) is 4.79 Å². The Kier molecular flexibility index (Phi) is 4.15. The smallest absolute Gasteiger partial charge is 0.338 e. The summed E-state index contributed by atoms with van der Waals surface area (Å²) in [5.74, 6) is -0.704. The zero-order valence-electron chi connectivity index (χ0n) is 12.7. The molecule has 0 N–H and O–H groups in total. The average Bonchev–Trinajstić information content (AvgIpc) is 2.61. The van der Waals surface area contributed by atoms with Gasteiger partial charge in [-0.1, -0.05) is 30.3 Å². The third kappa shape index (κ3) is 2.97. The zero-order chi connectivity index (χ0) is 16.2. The van der Waals surface area contributed by atoms with Crippen molar-refractivity contribution < 1.29 is 14.3 Å². The van der Waals surface area contributed by atoms with Gasteiger partial charge in [0.25, 0.3) is 0 Å². The van der Waals surface area contributed by atoms with Gasteiger partial charge in [0, 0.05) is 28.9 Å². The third-order valence-electron chi connectivity index (χ3n) is 3.55. The number of esters is 1. The Morgan fingerprint density at radius 1 is 1.00 bits per heavy atom. The maximum atomic E-state index is 12.8. The van der Waals surface area contributed by atoms with E-state index in [-0.39, 0.29) is 18.0 Å². The number of fused-ring (bicyclic) bond motifs is 1. The van der Waals surface area contributed by atoms with Crippen molar-refractivity contribution in [2.24, 2.45) is 0 Å². The Morgan fingerprint density at radius 3 is 2.48 bits per heavy atom. The molecule has 0 saturated heterocycles. The number of pyridine rings is 1. The Balaban J connectivity index is 2.18. The van der Waals surface area contributed by atoms with Gasteiger partial charge in [0.1, 0.15) is 0 Å². The van der Waals surface area contributed by atoms with Crippen LogP contribution in [0.3, 0.4) is 0 Å². The number of carbonyl (C=O) groups excluding carboxylic acids is 2. The lowest BCUT2D eigenvalue weighted by atomic mass is 9.95. The molecule has 0 spiro atoms. The van der Waals surface area contributed by atoms with Crippen LogP contribution in [0.2, 0.25) is 0 Å². The van der Waals surface area contributed by atoms with Crippen LogP contribution in [0.25, 0.3) is 10.8 Å². The highest BCUT2D eigenvalue weighted by atomic mass is 16.5. The molecule has 0 fully saturated rings. The van der Waals surface area contributed by atoms with E-state index in [4.69, 9.17) is 4.74 Å². The molecular formula is C19H15NO3. The summed E-state index contributed by atoms with van der Waals surface area (Å²) in [6.45, 7) is 1.99. The summed E-state index contributed by atoms with van der Waals surface area (Å²) in [5, 5.41) is 1.65. The van der Waals surface area contributed by atoms with E-state index < -0.39 is 5.97 Å². The van der Waals surface area contributed by atoms with E-state index in [9.17, 15) is 9.59 Å². The van der Waals surface area contributed by atoms with Gasteiger partial charge in [-0.3, -0.25) is 9.78 Å². The topological polar surface area (TPSA) is 56.3 Å². The van der Waals surface area contributed by atoms with Crippen molar-refractivity contribution in [1.82, 2.24) is 4.98 Å². The number of rotatable bonds is 4. The van der Waals surface area contributed by atoms with Crippen molar-refractivity contribution in [3.05, 3.63) is 77.6 Å². The fourth-order valence-corrected chi connectivity index (χ4v) is 2.45. The highest BCUT2D eigenvalue weighted by Gasteiger charge is 2.20. The van der Waals surface area contributed by atoms with Crippen molar-refractivity contribution >= 4 is 22.5 Å². The molecule has 1 aromatic heterocycles. The molecule has 2 aromatic carbocycles. The molecular weight excluding hydrogens is 290 g/mol. The second kappa shape index (κ2) is 6.40. The fourth-order valence-electron chi connectivity index (χ4n) is 2.45. The molecule has 0 aliphatic heterocycles. The van der Waals surface area contributed by atoms with E-state index in [1.165, 1.54) is 0 Å². The van der Waals surface area contributed by atoms with E-state index in [0.29, 0.717) is 11.1 Å². The number of ether oxygens (including phenoxy) is 1. The summed E-state index contributed by atoms with van der Waals surface area (Å²) >= 11 is 0. The Hall–Kier alpha value is -3.01. The first-order valence-corrected chi connectivity index (χ1v) is 7.35. The zero-order valence-corrected chi connectivity index (χ0v) is 12.7. The second-order valence-electron chi connectivity index (χ2n) is 5.04. The number of hydrogen-bond donors (Lipinski definition) is 0. The highest BCUT2D eigenvalue weighted by molar-refractivity contribution is 6.16. The summed E-state index contributed by atoms with van der Waals surface area (Å²) in [6.07, 6.45) is 3.32. The predicted octanol–water partition coefficient (Wildman–Crippen LogP) is 3.64. The maximum absolute atomic E-state index is 12.8. The Morgan fingerprint density at radius 2 is 1.74 bits per heavy atom. The minimum atomic E-state index is -0.495. The van der Waals surface area contributed by atoms with Crippen molar-refractivity contribution in [3.63, 3.8) is 0 Å². The molecule has 0 radical (unpaired) electrons. The summed E-state index contributed by atoms with van der Waals surface area (Å²) in [6, 6.07) is 14.1. The first-order chi connectivity index (χ1) is 11.2. The number of aromatic nitrogens is 1. The van der Waals surface area contributed by atoms with Gasteiger partial charge in [0.15, 0.2) is 5.78 Å². The van der Waals surface area contributed by atoms with Gasteiger partial charge < -0.3 is 4.74 Å². The molecule has 0 saturated carbocycles. The number of carbonyl (C=O) groups is 2. The van der Waals surface area contributed by atoms with Gasteiger partial charge >= 0.3 is 5.97 Å². The summed E-state index contributed by atoms with van der Waals surface area (Å²) in [7, 11) is 0. The van der Waals surface area contributed by atoms with Crippen LogP contribution in [-0.2, 0) is 4.74 Å². The fraction of sp³-hybridized carbons (Fsp3) is 0.105. The van der Waals surface area contributed by atoms with Crippen LogP contribution >= 0.6 is 0 Å². The van der Waals surface area contributed by atoms with E-state index in [2.05, 4.69) is 4.98 Å². The third-order valence-corrected chi connectivity index (χ3v) is 3.55. The normalized spacial score (nSPS) is 10.5. The van der Waals surface area contributed by atoms with Crippen molar-refractivity contribution in [3.8, 4) is 0 Å². The number of hydrogen-bond acceptors (Lipinski definition) is 4. The number of nitrogens with zero attached hydrogens (tertiary/aromatic N) is 1. The van der Waals surface area contributed by atoms with Gasteiger partial charge in [-0.15, -0.1) is 0 Å². The van der Waals surface area contributed by atoms with Crippen molar-refractivity contribution in [2.75, 3.05) is 6.61 Å². The van der Waals surface area contributed by atoms with Crippen LogP contribution in [0.5, 0.6) is 0 Å². The predicted molar refractivity (Wildman–Crippen MR) is 87.6 cm³/mol. The molecule has 114 valence electrons. The maximum Gasteiger partial charge on any atom is 0.338 e. The van der Waals surface area contributed by atoms with E-state index >= 15 is 0 Å². The van der Waals surface area contributed by atoms with Crippen LogP contribution in [0, 0.1) is 0 Å². The van der Waals surface area contributed by atoms with Gasteiger partial charge in [-0.05, 0) is 30.5 Å². The molecule has 0 amide bonds. The standard InChI is InChI=1S/C19H15NO3/c1-2-23-19(22)17-10-14-8-9-20-12-15(14)11-16(17)18(21)13-6-4-3-5-7-13/h3-12H,2H2,1H3. The molecule has 0 bridgehead atoms. The minimum Gasteiger partial charge on any atom is -0.462 e. The number of ketones is 1. The van der Waals surface area contributed by atoms with Crippen LogP contribution in [-0.4, -0.2) is 23.3 Å². The van der Waals surface area contributed by atoms with E-state index in [1.54, 1.807) is 61.8 Å². The second-order valence-corrected chi connectivity index (χ2v) is 5.04. The quantitative estimate of drug-likeness (QED) is 0.545. The summed E-state index contributed by atoms with van der Waals surface area (Å²) < 4.78 is 5.10. The molecule has 1 heterocycles. The molecule has 0 atom stereocenters. The van der Waals surface area contributed by atoms with Crippen molar-refractivity contribution in [1.29, 1.82) is 0 Å². The Bertz CT molecular complexity index is 872. The molecule has 0 aliphatic carbocycles. The minimum absolute atomic E-state index is 0.209. The molecule has 3 rings (SSSR count). The molecule has 3 aromatic rings. The lowest BCUT2D eigenvalue weighted by molar-refractivity contribution is 0.0523. The average molecular weight is 305 g/mol. The van der Waals surface area contributed by atoms with Crippen LogP contribution < -0.4 is 0 Å². The summed E-state index contributed by atoms with van der Waals surface area (Å²) in [5.41, 5.74) is 1.14. The molecule has 23 heavy (non-hydrogen) atoms. The van der Waals surface area contributed by atoms with Gasteiger partial charge in [0.05, 0.1) is 12.2 Å². The van der Waals surface area contributed by atoms with E-state index in [0.717, 1.165) is 10.8 Å². The molecule has 4 nitrogen and oxygen atoms in total. The monoisotopic (exact) mass is 305 g/mol. The lowest BCUT2D eigenvalue weighted by Crippen LogP contribution is -2.13. The van der Waals surface area contributed by atoms with Crippen LogP contribution in [0.4, 0.5) is 0 Å². The van der Waals surface area contributed by atoms with Crippen LogP contribution in [0.15, 0.2) is 60.9 Å². The number of benzene rings is 2. The SMILES string of the molecule is CCOC(=O)c1cc2ccncc2cc1C(=O)c1ccccc1. The molecule has 4 heteroatoms. The van der Waals surface area contributed by atoms with Crippen LogP contribution in [0.1, 0.15) is 33.2 Å².